The maximum absolute atomic E-state index is 9.07. The Labute approximate surface area is 118 Å². The lowest BCUT2D eigenvalue weighted by atomic mass is 9.94. The van der Waals surface area contributed by atoms with Crippen molar-refractivity contribution in [2.75, 3.05) is 20.1 Å². The molecule has 0 radical (unpaired) electrons. The zero-order chi connectivity index (χ0) is 14.6. The summed E-state index contributed by atoms with van der Waals surface area (Å²) < 4.78 is 0. The molecule has 2 heteroatoms. The van der Waals surface area contributed by atoms with Crippen molar-refractivity contribution >= 4 is 0 Å². The number of aryl methyl sites for hydroxylation is 3. The summed E-state index contributed by atoms with van der Waals surface area (Å²) >= 11 is 0. The van der Waals surface area contributed by atoms with Crippen LogP contribution in [0.5, 0.6) is 0 Å². The van der Waals surface area contributed by atoms with Crippen molar-refractivity contribution in [1.82, 2.24) is 4.90 Å². The Morgan fingerprint density at radius 1 is 1.16 bits per heavy atom. The molecule has 0 aliphatic rings. The van der Waals surface area contributed by atoms with Crippen molar-refractivity contribution in [3.63, 3.8) is 0 Å². The third kappa shape index (κ3) is 4.69. The van der Waals surface area contributed by atoms with E-state index in [0.717, 1.165) is 19.5 Å². The average molecular weight is 258 g/mol. The highest BCUT2D eigenvalue weighted by atomic mass is 15.1. The first kappa shape index (κ1) is 15.7. The summed E-state index contributed by atoms with van der Waals surface area (Å²) in [7, 11) is 2.10. The van der Waals surface area contributed by atoms with Crippen LogP contribution in [0.4, 0.5) is 0 Å². The van der Waals surface area contributed by atoms with E-state index in [2.05, 4.69) is 50.9 Å². The van der Waals surface area contributed by atoms with Crippen LogP contribution in [-0.4, -0.2) is 25.0 Å². The van der Waals surface area contributed by atoms with Gasteiger partial charge in [-0.15, -0.1) is 0 Å². The largest absolute Gasteiger partial charge is 0.304 e. The molecule has 0 amide bonds. The third-order valence-electron chi connectivity index (χ3n) is 3.55. The van der Waals surface area contributed by atoms with Crippen molar-refractivity contribution in [2.24, 2.45) is 5.41 Å². The summed E-state index contributed by atoms with van der Waals surface area (Å²) in [6.45, 7) is 12.3. The molecule has 0 bridgehead atoms. The van der Waals surface area contributed by atoms with Crippen LogP contribution in [0.25, 0.3) is 0 Å². The van der Waals surface area contributed by atoms with Gasteiger partial charge in [0, 0.05) is 13.1 Å². The monoisotopic (exact) mass is 258 g/mol. The van der Waals surface area contributed by atoms with Crippen LogP contribution >= 0.6 is 0 Å². The lowest BCUT2D eigenvalue weighted by Gasteiger charge is -2.24. The predicted octanol–water partition coefficient (Wildman–Crippen LogP) is 3.64. The first-order chi connectivity index (χ1) is 8.75. The maximum atomic E-state index is 9.07. The summed E-state index contributed by atoms with van der Waals surface area (Å²) in [5.41, 5.74) is 5.27. The van der Waals surface area contributed by atoms with Gasteiger partial charge < -0.3 is 4.90 Å². The van der Waals surface area contributed by atoms with Gasteiger partial charge in [0.2, 0.25) is 0 Å². The van der Waals surface area contributed by atoms with Gasteiger partial charge in [-0.1, -0.05) is 17.7 Å². The van der Waals surface area contributed by atoms with Crippen LogP contribution in [0, 0.1) is 37.5 Å². The Morgan fingerprint density at radius 3 is 2.16 bits per heavy atom. The van der Waals surface area contributed by atoms with Crippen LogP contribution in [0.1, 0.15) is 36.1 Å². The van der Waals surface area contributed by atoms with E-state index in [1.165, 1.54) is 22.3 Å². The minimum absolute atomic E-state index is 0.272. The number of hydrogen-bond acceptors (Lipinski definition) is 2. The minimum atomic E-state index is -0.272. The number of nitriles is 1. The van der Waals surface area contributed by atoms with Crippen LogP contribution in [0.2, 0.25) is 0 Å². The second kappa shape index (κ2) is 6.21. The van der Waals surface area contributed by atoms with Gasteiger partial charge in [-0.05, 0) is 64.8 Å². The lowest BCUT2D eigenvalue weighted by molar-refractivity contribution is 0.258. The molecule has 0 heterocycles. The van der Waals surface area contributed by atoms with Crippen LogP contribution < -0.4 is 0 Å². The molecule has 0 saturated heterocycles. The molecule has 0 spiro atoms. The predicted molar refractivity (Wildman–Crippen MR) is 81.2 cm³/mol. The van der Waals surface area contributed by atoms with E-state index in [1.54, 1.807) is 0 Å². The number of rotatable bonds is 5. The number of nitrogens with zero attached hydrogens (tertiary/aromatic N) is 2. The molecule has 0 atom stereocenters. The lowest BCUT2D eigenvalue weighted by Crippen LogP contribution is -2.32. The highest BCUT2D eigenvalue weighted by Crippen LogP contribution is 2.18. The third-order valence-corrected chi connectivity index (χ3v) is 3.55. The van der Waals surface area contributed by atoms with E-state index in [1.807, 2.05) is 13.8 Å². The molecule has 19 heavy (non-hydrogen) atoms. The first-order valence-corrected chi connectivity index (χ1v) is 6.92. The maximum Gasteiger partial charge on any atom is 0.0697 e. The summed E-state index contributed by atoms with van der Waals surface area (Å²) in [5, 5.41) is 9.07. The van der Waals surface area contributed by atoms with Gasteiger partial charge in [0.25, 0.3) is 0 Å². The highest BCUT2D eigenvalue weighted by Gasteiger charge is 2.19. The van der Waals surface area contributed by atoms with Crippen LogP contribution in [0.15, 0.2) is 12.1 Å². The topological polar surface area (TPSA) is 27.0 Å². The summed E-state index contributed by atoms with van der Waals surface area (Å²) in [6.07, 6.45) is 1.05. The molecule has 0 aliphatic carbocycles. The van der Waals surface area contributed by atoms with E-state index in [0.29, 0.717) is 0 Å². The van der Waals surface area contributed by atoms with Gasteiger partial charge in [0.1, 0.15) is 0 Å². The molecule has 0 aliphatic heterocycles. The van der Waals surface area contributed by atoms with Crippen LogP contribution in [-0.2, 0) is 6.42 Å². The van der Waals surface area contributed by atoms with Gasteiger partial charge in [-0.2, -0.15) is 5.26 Å². The molecule has 104 valence electrons. The molecule has 0 saturated carbocycles. The molecular formula is C17H26N2. The van der Waals surface area contributed by atoms with Crippen molar-refractivity contribution in [3.8, 4) is 6.07 Å². The quantitative estimate of drug-likeness (QED) is 0.806. The van der Waals surface area contributed by atoms with Gasteiger partial charge >= 0.3 is 0 Å². The van der Waals surface area contributed by atoms with Gasteiger partial charge in [-0.25, -0.2) is 0 Å². The molecule has 0 unspecified atom stereocenters. The Bertz CT molecular complexity index is 458. The normalized spacial score (nSPS) is 11.7. The second-order valence-electron chi connectivity index (χ2n) is 6.36. The Morgan fingerprint density at radius 2 is 1.68 bits per heavy atom. The number of hydrogen-bond donors (Lipinski definition) is 0. The molecule has 1 aromatic carbocycles. The molecule has 2 nitrogen and oxygen atoms in total. The number of likely N-dealkylation sites (N-methyl/N-ethyl adjacent to an activating group) is 1. The fourth-order valence-electron chi connectivity index (χ4n) is 2.70. The average Bonchev–Trinajstić information content (AvgIpc) is 2.26. The standard InChI is InChI=1S/C17H26N2/c1-13-9-14(2)16(15(3)10-13)7-8-19(6)12-17(4,5)11-18/h9-10H,7-8,12H2,1-6H3. The van der Waals surface area contributed by atoms with Crippen LogP contribution in [0.3, 0.4) is 0 Å². The van der Waals surface area contributed by atoms with E-state index in [9.17, 15) is 0 Å². The van der Waals surface area contributed by atoms with E-state index in [-0.39, 0.29) is 5.41 Å². The Balaban J connectivity index is 2.66. The summed E-state index contributed by atoms with van der Waals surface area (Å²) in [6, 6.07) is 6.86. The molecule has 0 aromatic heterocycles. The SMILES string of the molecule is Cc1cc(C)c(CCN(C)CC(C)(C)C#N)c(C)c1. The molecule has 0 fully saturated rings. The van der Waals surface area contributed by atoms with E-state index < -0.39 is 0 Å². The molecule has 0 N–H and O–H groups in total. The molecular weight excluding hydrogens is 232 g/mol. The van der Waals surface area contributed by atoms with Crippen molar-refractivity contribution in [3.05, 3.63) is 34.4 Å². The van der Waals surface area contributed by atoms with Gasteiger partial charge in [0.05, 0.1) is 11.5 Å². The Hall–Kier alpha value is -1.33. The fourth-order valence-corrected chi connectivity index (χ4v) is 2.70. The highest BCUT2D eigenvalue weighted by molar-refractivity contribution is 5.37. The molecule has 1 rings (SSSR count). The molecule has 1 aromatic rings. The van der Waals surface area contributed by atoms with E-state index in [4.69, 9.17) is 5.26 Å². The Kier molecular flexibility index (Phi) is 5.14. The zero-order valence-corrected chi connectivity index (χ0v) is 13.2. The zero-order valence-electron chi connectivity index (χ0n) is 13.2. The first-order valence-electron chi connectivity index (χ1n) is 6.92. The summed E-state index contributed by atoms with van der Waals surface area (Å²) in [5.74, 6) is 0. The second-order valence-corrected chi connectivity index (χ2v) is 6.36. The van der Waals surface area contributed by atoms with Crippen molar-refractivity contribution in [2.45, 2.75) is 41.0 Å². The minimum Gasteiger partial charge on any atom is -0.304 e. The van der Waals surface area contributed by atoms with Gasteiger partial charge in [-0.3, -0.25) is 0 Å². The summed E-state index contributed by atoms with van der Waals surface area (Å²) in [4.78, 5) is 2.25. The van der Waals surface area contributed by atoms with Crippen molar-refractivity contribution < 1.29 is 0 Å². The van der Waals surface area contributed by atoms with E-state index >= 15 is 0 Å². The van der Waals surface area contributed by atoms with Gasteiger partial charge in [0.15, 0.2) is 0 Å². The smallest absolute Gasteiger partial charge is 0.0697 e. The van der Waals surface area contributed by atoms with Crippen molar-refractivity contribution in [1.29, 1.82) is 5.26 Å². The fraction of sp³-hybridized carbons (Fsp3) is 0.588. The number of benzene rings is 1.